The van der Waals surface area contributed by atoms with Crippen molar-refractivity contribution in [2.75, 3.05) is 6.54 Å². The molecule has 142 valence electrons. The summed E-state index contributed by atoms with van der Waals surface area (Å²) >= 11 is 0. The van der Waals surface area contributed by atoms with E-state index in [0.29, 0.717) is 18.0 Å². The van der Waals surface area contributed by atoms with Crippen molar-refractivity contribution in [3.05, 3.63) is 71.8 Å². The Labute approximate surface area is 160 Å². The summed E-state index contributed by atoms with van der Waals surface area (Å²) < 4.78 is 0. The van der Waals surface area contributed by atoms with Gasteiger partial charge in [-0.15, -0.1) is 0 Å². The van der Waals surface area contributed by atoms with Crippen molar-refractivity contribution in [3.63, 3.8) is 0 Å². The normalized spacial score (nSPS) is 20.0. The smallest absolute Gasteiger partial charge is 0.251 e. The third-order valence-corrected chi connectivity index (χ3v) is 5.24. The second-order valence-corrected chi connectivity index (χ2v) is 7.11. The topological polar surface area (TPSA) is 84.2 Å². The van der Waals surface area contributed by atoms with Crippen LogP contribution in [-0.4, -0.2) is 24.4 Å². The molecular weight excluding hydrogens is 338 g/mol. The molecule has 5 heteroatoms. The van der Waals surface area contributed by atoms with Crippen molar-refractivity contribution in [1.82, 2.24) is 10.6 Å². The van der Waals surface area contributed by atoms with Crippen LogP contribution in [0.25, 0.3) is 0 Å². The molecule has 0 bridgehead atoms. The summed E-state index contributed by atoms with van der Waals surface area (Å²) in [4.78, 5) is 25.3. The zero-order valence-corrected chi connectivity index (χ0v) is 15.4. The molecule has 5 nitrogen and oxygen atoms in total. The fourth-order valence-electron chi connectivity index (χ4n) is 3.73. The number of carbonyl (C=O) groups is 2. The van der Waals surface area contributed by atoms with Gasteiger partial charge in [0.1, 0.15) is 0 Å². The zero-order valence-electron chi connectivity index (χ0n) is 15.4. The maximum absolute atomic E-state index is 12.7. The van der Waals surface area contributed by atoms with E-state index in [1.165, 1.54) is 0 Å². The number of carbonyl (C=O) groups excluding carboxylic acids is 2. The first-order valence-corrected chi connectivity index (χ1v) is 9.57. The molecule has 0 spiro atoms. The van der Waals surface area contributed by atoms with Gasteiger partial charge in [-0.05, 0) is 43.0 Å². The predicted molar refractivity (Wildman–Crippen MR) is 106 cm³/mol. The lowest BCUT2D eigenvalue weighted by molar-refractivity contribution is -0.122. The molecule has 2 aromatic carbocycles. The molecule has 4 N–H and O–H groups in total. The van der Waals surface area contributed by atoms with Gasteiger partial charge >= 0.3 is 0 Å². The van der Waals surface area contributed by atoms with Crippen molar-refractivity contribution in [2.24, 2.45) is 11.7 Å². The number of nitrogens with one attached hydrogen (secondary N) is 2. The summed E-state index contributed by atoms with van der Waals surface area (Å²) in [6, 6.07) is 18.4. The van der Waals surface area contributed by atoms with Crippen LogP contribution in [0.5, 0.6) is 0 Å². The molecule has 1 aliphatic rings. The molecule has 1 fully saturated rings. The molecule has 27 heavy (non-hydrogen) atoms. The molecule has 2 aromatic rings. The average molecular weight is 365 g/mol. The van der Waals surface area contributed by atoms with E-state index in [0.717, 1.165) is 24.8 Å². The fraction of sp³-hybridized carbons (Fsp3) is 0.364. The first-order chi connectivity index (χ1) is 13.2. The van der Waals surface area contributed by atoms with Crippen LogP contribution in [0.4, 0.5) is 0 Å². The monoisotopic (exact) mass is 365 g/mol. The Bertz CT molecular complexity index is 749. The second-order valence-electron chi connectivity index (χ2n) is 7.11. The molecule has 0 aliphatic heterocycles. The summed E-state index contributed by atoms with van der Waals surface area (Å²) in [6.07, 6.45) is 3.34. The Morgan fingerprint density at radius 2 is 1.67 bits per heavy atom. The van der Waals surface area contributed by atoms with Crippen LogP contribution in [0.1, 0.15) is 47.6 Å². The van der Waals surface area contributed by atoms with E-state index in [-0.39, 0.29) is 30.3 Å². The number of nitrogens with two attached hydrogens (primary N) is 1. The maximum atomic E-state index is 12.7. The molecule has 3 rings (SSSR count). The highest BCUT2D eigenvalue weighted by Crippen LogP contribution is 2.25. The van der Waals surface area contributed by atoms with Gasteiger partial charge in [-0.25, -0.2) is 0 Å². The van der Waals surface area contributed by atoms with E-state index in [1.54, 1.807) is 12.1 Å². The van der Waals surface area contributed by atoms with Gasteiger partial charge in [-0.1, -0.05) is 55.0 Å². The molecular formula is C22H27N3O2. The lowest BCUT2D eigenvalue weighted by Gasteiger charge is -2.23. The van der Waals surface area contributed by atoms with Crippen molar-refractivity contribution >= 4 is 11.8 Å². The molecule has 0 heterocycles. The summed E-state index contributed by atoms with van der Waals surface area (Å²) in [6.45, 7) is 0.595. The highest BCUT2D eigenvalue weighted by atomic mass is 16.2. The highest BCUT2D eigenvalue weighted by Gasteiger charge is 2.28. The van der Waals surface area contributed by atoms with E-state index in [2.05, 4.69) is 10.6 Å². The Morgan fingerprint density at radius 1 is 1.00 bits per heavy atom. The molecule has 0 aromatic heterocycles. The van der Waals surface area contributed by atoms with Crippen molar-refractivity contribution in [2.45, 2.75) is 37.8 Å². The quantitative estimate of drug-likeness (QED) is 0.705. The largest absolute Gasteiger partial charge is 0.353 e. The first kappa shape index (κ1) is 19.1. The fourth-order valence-corrected chi connectivity index (χ4v) is 3.73. The highest BCUT2D eigenvalue weighted by molar-refractivity contribution is 5.94. The standard InChI is InChI=1S/C22H27N3O2/c23-15-18-12-7-13-19(18)24-21(26)14-20(16-8-3-1-4-9-16)25-22(27)17-10-5-2-6-11-17/h1-6,8-11,18-20H,7,12-15,23H2,(H,24,26)(H,25,27). The number of hydrogen-bond acceptors (Lipinski definition) is 3. The minimum atomic E-state index is -0.378. The van der Waals surface area contributed by atoms with Crippen LogP contribution in [0, 0.1) is 5.92 Å². The van der Waals surface area contributed by atoms with Gasteiger partial charge < -0.3 is 16.4 Å². The predicted octanol–water partition coefficient (Wildman–Crippen LogP) is 2.79. The lowest BCUT2D eigenvalue weighted by atomic mass is 10.0. The number of hydrogen-bond donors (Lipinski definition) is 3. The molecule has 1 saturated carbocycles. The molecule has 0 saturated heterocycles. The lowest BCUT2D eigenvalue weighted by Crippen LogP contribution is -2.41. The van der Waals surface area contributed by atoms with Crippen molar-refractivity contribution in [1.29, 1.82) is 0 Å². The summed E-state index contributed by atoms with van der Waals surface area (Å²) in [7, 11) is 0. The van der Waals surface area contributed by atoms with Crippen molar-refractivity contribution < 1.29 is 9.59 Å². The van der Waals surface area contributed by atoms with Crippen LogP contribution < -0.4 is 16.4 Å². The minimum absolute atomic E-state index is 0.0532. The van der Waals surface area contributed by atoms with Gasteiger partial charge in [0.15, 0.2) is 0 Å². The van der Waals surface area contributed by atoms with Gasteiger partial charge in [-0.2, -0.15) is 0 Å². The summed E-state index contributed by atoms with van der Waals surface area (Å²) in [5.74, 6) is 0.114. The van der Waals surface area contributed by atoms with E-state index in [1.807, 2.05) is 48.5 Å². The Hall–Kier alpha value is -2.66. The third-order valence-electron chi connectivity index (χ3n) is 5.24. The Balaban J connectivity index is 1.69. The van der Waals surface area contributed by atoms with Crippen LogP contribution in [0.3, 0.4) is 0 Å². The average Bonchev–Trinajstić information content (AvgIpc) is 3.15. The van der Waals surface area contributed by atoms with Crippen LogP contribution >= 0.6 is 0 Å². The Morgan fingerprint density at radius 3 is 2.33 bits per heavy atom. The van der Waals surface area contributed by atoms with Gasteiger partial charge in [0.05, 0.1) is 12.5 Å². The minimum Gasteiger partial charge on any atom is -0.353 e. The number of amides is 2. The SMILES string of the molecule is NCC1CCCC1NC(=O)CC(NC(=O)c1ccccc1)c1ccccc1. The number of rotatable bonds is 7. The summed E-state index contributed by atoms with van der Waals surface area (Å²) in [5, 5.41) is 6.13. The van der Waals surface area contributed by atoms with Gasteiger partial charge in [-0.3, -0.25) is 9.59 Å². The van der Waals surface area contributed by atoms with Crippen LogP contribution in [0.2, 0.25) is 0 Å². The summed E-state index contributed by atoms with van der Waals surface area (Å²) in [5.41, 5.74) is 7.31. The first-order valence-electron chi connectivity index (χ1n) is 9.57. The molecule has 0 radical (unpaired) electrons. The molecule has 3 unspecified atom stereocenters. The molecule has 3 atom stereocenters. The van der Waals surface area contributed by atoms with E-state index in [4.69, 9.17) is 5.73 Å². The zero-order chi connectivity index (χ0) is 19.1. The van der Waals surface area contributed by atoms with Gasteiger partial charge in [0, 0.05) is 11.6 Å². The Kier molecular flexibility index (Phi) is 6.60. The van der Waals surface area contributed by atoms with E-state index >= 15 is 0 Å². The second kappa shape index (κ2) is 9.33. The van der Waals surface area contributed by atoms with Crippen LogP contribution in [-0.2, 0) is 4.79 Å². The van der Waals surface area contributed by atoms with Crippen molar-refractivity contribution in [3.8, 4) is 0 Å². The third kappa shape index (κ3) is 5.17. The van der Waals surface area contributed by atoms with Crippen LogP contribution in [0.15, 0.2) is 60.7 Å². The van der Waals surface area contributed by atoms with E-state index < -0.39 is 0 Å². The maximum Gasteiger partial charge on any atom is 0.251 e. The van der Waals surface area contributed by atoms with Gasteiger partial charge in [0.25, 0.3) is 5.91 Å². The van der Waals surface area contributed by atoms with E-state index in [9.17, 15) is 9.59 Å². The number of benzene rings is 2. The molecule has 2 amide bonds. The molecule has 1 aliphatic carbocycles. The van der Waals surface area contributed by atoms with Gasteiger partial charge in [0.2, 0.25) is 5.91 Å².